The van der Waals surface area contributed by atoms with E-state index in [4.69, 9.17) is 0 Å². The number of rotatable bonds is 5. The Morgan fingerprint density at radius 1 is 1.25 bits per heavy atom. The Morgan fingerprint density at radius 3 is 2.81 bits per heavy atom. The molecule has 2 saturated heterocycles. The number of hydrogen-bond acceptors (Lipinski definition) is 2. The van der Waals surface area contributed by atoms with Crippen LogP contribution in [0.4, 0.5) is 0 Å². The van der Waals surface area contributed by atoms with Crippen molar-refractivity contribution in [3.63, 3.8) is 0 Å². The van der Waals surface area contributed by atoms with Gasteiger partial charge in [0, 0.05) is 18.1 Å². The van der Waals surface area contributed by atoms with Gasteiger partial charge in [0.05, 0.1) is 0 Å². The summed E-state index contributed by atoms with van der Waals surface area (Å²) < 4.78 is 0. The quantitative estimate of drug-likeness (QED) is 0.772. The second kappa shape index (κ2) is 6.02. The van der Waals surface area contributed by atoms with Crippen LogP contribution in [0.5, 0.6) is 0 Å². The van der Waals surface area contributed by atoms with Gasteiger partial charge in [0.1, 0.15) is 0 Å². The Hall–Kier alpha value is -0.0800. The average molecular weight is 224 g/mol. The van der Waals surface area contributed by atoms with E-state index >= 15 is 0 Å². The normalized spacial score (nSPS) is 36.0. The SMILES string of the molecule is CCC1CCC(C)N1CCCC1CCCN1. The first kappa shape index (κ1) is 12.4. The van der Waals surface area contributed by atoms with Crippen LogP contribution in [0.2, 0.25) is 0 Å². The second-order valence-corrected chi connectivity index (χ2v) is 5.66. The highest BCUT2D eigenvalue weighted by Gasteiger charge is 2.28. The molecule has 16 heavy (non-hydrogen) atoms. The van der Waals surface area contributed by atoms with E-state index in [-0.39, 0.29) is 0 Å². The van der Waals surface area contributed by atoms with Crippen LogP contribution in [0.1, 0.15) is 58.8 Å². The van der Waals surface area contributed by atoms with Gasteiger partial charge in [0.25, 0.3) is 0 Å². The van der Waals surface area contributed by atoms with Crippen molar-refractivity contribution in [2.24, 2.45) is 0 Å². The molecule has 2 heteroatoms. The van der Waals surface area contributed by atoms with E-state index in [9.17, 15) is 0 Å². The molecule has 0 amide bonds. The van der Waals surface area contributed by atoms with Gasteiger partial charge in [-0.15, -0.1) is 0 Å². The van der Waals surface area contributed by atoms with Crippen molar-refractivity contribution in [3.05, 3.63) is 0 Å². The van der Waals surface area contributed by atoms with Crippen LogP contribution >= 0.6 is 0 Å². The summed E-state index contributed by atoms with van der Waals surface area (Å²) in [6.07, 6.45) is 9.76. The number of hydrogen-bond donors (Lipinski definition) is 1. The van der Waals surface area contributed by atoms with E-state index < -0.39 is 0 Å². The Kier molecular flexibility index (Phi) is 4.66. The minimum Gasteiger partial charge on any atom is -0.314 e. The molecular formula is C14H28N2. The van der Waals surface area contributed by atoms with Crippen molar-refractivity contribution in [2.75, 3.05) is 13.1 Å². The van der Waals surface area contributed by atoms with Crippen molar-refractivity contribution < 1.29 is 0 Å². The van der Waals surface area contributed by atoms with Crippen molar-refractivity contribution in [3.8, 4) is 0 Å². The van der Waals surface area contributed by atoms with Crippen molar-refractivity contribution in [2.45, 2.75) is 76.9 Å². The molecule has 3 unspecified atom stereocenters. The van der Waals surface area contributed by atoms with Gasteiger partial charge >= 0.3 is 0 Å². The van der Waals surface area contributed by atoms with Gasteiger partial charge in [-0.2, -0.15) is 0 Å². The lowest BCUT2D eigenvalue weighted by Crippen LogP contribution is -2.35. The summed E-state index contributed by atoms with van der Waals surface area (Å²) in [6.45, 7) is 7.33. The van der Waals surface area contributed by atoms with Crippen LogP contribution < -0.4 is 5.32 Å². The van der Waals surface area contributed by atoms with Crippen molar-refractivity contribution in [1.29, 1.82) is 0 Å². The topological polar surface area (TPSA) is 15.3 Å². The Labute approximate surface area is 101 Å². The monoisotopic (exact) mass is 224 g/mol. The third-order valence-electron chi connectivity index (χ3n) is 4.56. The predicted molar refractivity (Wildman–Crippen MR) is 69.7 cm³/mol. The summed E-state index contributed by atoms with van der Waals surface area (Å²) in [7, 11) is 0. The molecule has 2 nitrogen and oxygen atoms in total. The first-order chi connectivity index (χ1) is 7.81. The summed E-state index contributed by atoms with van der Waals surface area (Å²) in [5, 5.41) is 3.60. The standard InChI is InChI=1S/C14H28N2/c1-3-14-9-8-12(2)16(14)11-5-7-13-6-4-10-15-13/h12-15H,3-11H2,1-2H3. The van der Waals surface area contributed by atoms with Crippen LogP contribution in [0.3, 0.4) is 0 Å². The van der Waals surface area contributed by atoms with E-state index in [1.54, 1.807) is 0 Å². The smallest absolute Gasteiger partial charge is 0.00960 e. The molecule has 2 heterocycles. The molecule has 0 radical (unpaired) electrons. The molecule has 1 N–H and O–H groups in total. The summed E-state index contributed by atoms with van der Waals surface area (Å²) in [5.41, 5.74) is 0. The van der Waals surface area contributed by atoms with E-state index in [1.807, 2.05) is 0 Å². The lowest BCUT2D eigenvalue weighted by Gasteiger charge is -2.28. The zero-order chi connectivity index (χ0) is 11.4. The number of nitrogens with zero attached hydrogens (tertiary/aromatic N) is 1. The van der Waals surface area contributed by atoms with Gasteiger partial charge in [-0.05, 0) is 65.0 Å². The fraction of sp³-hybridized carbons (Fsp3) is 1.00. The van der Waals surface area contributed by atoms with Gasteiger partial charge in [0.15, 0.2) is 0 Å². The van der Waals surface area contributed by atoms with Crippen LogP contribution in [0.15, 0.2) is 0 Å². The van der Waals surface area contributed by atoms with Crippen LogP contribution in [0.25, 0.3) is 0 Å². The van der Waals surface area contributed by atoms with Crippen LogP contribution in [-0.4, -0.2) is 36.1 Å². The molecule has 2 aliphatic rings. The Bertz CT molecular complexity index is 199. The lowest BCUT2D eigenvalue weighted by atomic mass is 10.1. The molecule has 0 aromatic rings. The fourth-order valence-corrected chi connectivity index (χ4v) is 3.49. The Morgan fingerprint density at radius 2 is 2.12 bits per heavy atom. The van der Waals surface area contributed by atoms with Crippen LogP contribution in [0, 0.1) is 0 Å². The maximum atomic E-state index is 3.60. The van der Waals surface area contributed by atoms with Gasteiger partial charge in [-0.1, -0.05) is 6.92 Å². The molecule has 0 spiro atoms. The lowest BCUT2D eigenvalue weighted by molar-refractivity contribution is 0.192. The number of nitrogens with one attached hydrogen (secondary N) is 1. The van der Waals surface area contributed by atoms with E-state index in [1.165, 1.54) is 58.0 Å². The maximum absolute atomic E-state index is 3.60. The molecule has 0 aromatic carbocycles. The van der Waals surface area contributed by atoms with Crippen LogP contribution in [-0.2, 0) is 0 Å². The maximum Gasteiger partial charge on any atom is 0.00960 e. The fourth-order valence-electron chi connectivity index (χ4n) is 3.49. The summed E-state index contributed by atoms with van der Waals surface area (Å²) in [4.78, 5) is 2.76. The van der Waals surface area contributed by atoms with Crippen molar-refractivity contribution >= 4 is 0 Å². The molecule has 2 fully saturated rings. The predicted octanol–water partition coefficient (Wildman–Crippen LogP) is 2.78. The molecular weight excluding hydrogens is 196 g/mol. The van der Waals surface area contributed by atoms with Gasteiger partial charge in [0.2, 0.25) is 0 Å². The molecule has 3 atom stereocenters. The highest BCUT2D eigenvalue weighted by Crippen LogP contribution is 2.26. The molecule has 0 aromatic heterocycles. The van der Waals surface area contributed by atoms with Gasteiger partial charge < -0.3 is 5.32 Å². The van der Waals surface area contributed by atoms with E-state index in [0.29, 0.717) is 0 Å². The Balaban J connectivity index is 1.67. The summed E-state index contributed by atoms with van der Waals surface area (Å²) in [5.74, 6) is 0. The van der Waals surface area contributed by atoms with E-state index in [2.05, 4.69) is 24.1 Å². The average Bonchev–Trinajstić information content (AvgIpc) is 2.90. The molecule has 0 aliphatic carbocycles. The third kappa shape index (κ3) is 2.98. The summed E-state index contributed by atoms with van der Waals surface area (Å²) in [6, 6.07) is 2.55. The largest absolute Gasteiger partial charge is 0.314 e. The zero-order valence-corrected chi connectivity index (χ0v) is 11.0. The zero-order valence-electron chi connectivity index (χ0n) is 11.0. The molecule has 0 bridgehead atoms. The second-order valence-electron chi connectivity index (χ2n) is 5.66. The van der Waals surface area contributed by atoms with Gasteiger partial charge in [-0.3, -0.25) is 4.90 Å². The third-order valence-corrected chi connectivity index (χ3v) is 4.56. The minimum absolute atomic E-state index is 0.831. The first-order valence-electron chi connectivity index (χ1n) is 7.30. The van der Waals surface area contributed by atoms with E-state index in [0.717, 1.165) is 18.1 Å². The number of likely N-dealkylation sites (tertiary alicyclic amines) is 1. The molecule has 0 saturated carbocycles. The molecule has 2 aliphatic heterocycles. The van der Waals surface area contributed by atoms with Crippen molar-refractivity contribution in [1.82, 2.24) is 10.2 Å². The minimum atomic E-state index is 0.831. The highest BCUT2D eigenvalue weighted by atomic mass is 15.2. The highest BCUT2D eigenvalue weighted by molar-refractivity contribution is 4.84. The van der Waals surface area contributed by atoms with Gasteiger partial charge in [-0.25, -0.2) is 0 Å². The summed E-state index contributed by atoms with van der Waals surface area (Å²) >= 11 is 0. The molecule has 94 valence electrons. The molecule has 2 rings (SSSR count). The first-order valence-corrected chi connectivity index (χ1v) is 7.30.